The highest BCUT2D eigenvalue weighted by molar-refractivity contribution is 5.44. The average molecular weight is 271 g/mol. The molecule has 2 atom stereocenters. The number of phenols is 1. The van der Waals surface area contributed by atoms with E-state index in [1.54, 1.807) is 12.1 Å². The molecule has 1 unspecified atom stereocenters. The number of aromatic hydroxyl groups is 1. The third-order valence-electron chi connectivity index (χ3n) is 3.56. The third-order valence-corrected chi connectivity index (χ3v) is 3.56. The Morgan fingerprint density at radius 3 is 2.75 bits per heavy atom. The number of hydrogen-bond acceptors (Lipinski definition) is 4. The molecule has 0 radical (unpaired) electrons. The highest BCUT2D eigenvalue weighted by Crippen LogP contribution is 2.36. The van der Waals surface area contributed by atoms with Crippen molar-refractivity contribution in [1.29, 1.82) is 0 Å². The second-order valence-electron chi connectivity index (χ2n) is 4.90. The molecule has 0 aromatic heterocycles. The van der Waals surface area contributed by atoms with Crippen molar-refractivity contribution in [1.82, 2.24) is 5.32 Å². The standard InChI is InChI=1S/C16H17NO3/c18-9-14(11-4-2-1-3-5-11)17-15-10-20-16-8-12(19)6-7-13(15)16/h1-8,14-15,17-19H,9-10H2/t14-,15?/m1/s1. The van der Waals surface area contributed by atoms with Gasteiger partial charge < -0.3 is 14.9 Å². The first-order chi connectivity index (χ1) is 9.78. The first-order valence-electron chi connectivity index (χ1n) is 6.65. The van der Waals surface area contributed by atoms with E-state index in [0.29, 0.717) is 12.4 Å². The SMILES string of the molecule is OC[C@@H](NC1COc2cc(O)ccc21)c1ccccc1. The van der Waals surface area contributed by atoms with E-state index in [0.717, 1.165) is 11.1 Å². The minimum absolute atomic E-state index is 0.0166. The minimum atomic E-state index is -0.135. The molecule has 20 heavy (non-hydrogen) atoms. The summed E-state index contributed by atoms with van der Waals surface area (Å²) in [6.45, 7) is 0.524. The number of aliphatic hydroxyl groups is 1. The van der Waals surface area contributed by atoms with Crippen molar-refractivity contribution in [3.8, 4) is 11.5 Å². The molecule has 1 aliphatic heterocycles. The summed E-state index contributed by atoms with van der Waals surface area (Å²) in [6.07, 6.45) is 0. The van der Waals surface area contributed by atoms with E-state index < -0.39 is 0 Å². The predicted octanol–water partition coefficient (Wildman–Crippen LogP) is 2.15. The molecule has 0 saturated carbocycles. The molecule has 3 rings (SSSR count). The first kappa shape index (κ1) is 13.0. The number of nitrogens with one attached hydrogen (secondary N) is 1. The summed E-state index contributed by atoms with van der Waals surface area (Å²) < 4.78 is 5.57. The van der Waals surface area contributed by atoms with Crippen LogP contribution in [0.25, 0.3) is 0 Å². The lowest BCUT2D eigenvalue weighted by atomic mass is 10.0. The summed E-state index contributed by atoms with van der Waals surface area (Å²) >= 11 is 0. The summed E-state index contributed by atoms with van der Waals surface area (Å²) in [7, 11) is 0. The quantitative estimate of drug-likeness (QED) is 0.797. The fourth-order valence-corrected chi connectivity index (χ4v) is 2.52. The molecule has 3 N–H and O–H groups in total. The maximum Gasteiger partial charge on any atom is 0.127 e. The maximum atomic E-state index is 9.59. The monoisotopic (exact) mass is 271 g/mol. The fourth-order valence-electron chi connectivity index (χ4n) is 2.52. The Morgan fingerprint density at radius 2 is 2.00 bits per heavy atom. The first-order valence-corrected chi connectivity index (χ1v) is 6.65. The second kappa shape index (κ2) is 5.53. The van der Waals surface area contributed by atoms with Gasteiger partial charge in [0.15, 0.2) is 0 Å². The molecule has 0 aliphatic carbocycles. The Morgan fingerprint density at radius 1 is 1.20 bits per heavy atom. The average Bonchev–Trinajstić information content (AvgIpc) is 2.87. The van der Waals surface area contributed by atoms with E-state index in [2.05, 4.69) is 5.32 Å². The van der Waals surface area contributed by atoms with Gasteiger partial charge in [-0.3, -0.25) is 5.32 Å². The zero-order chi connectivity index (χ0) is 13.9. The zero-order valence-electron chi connectivity index (χ0n) is 11.0. The van der Waals surface area contributed by atoms with Gasteiger partial charge in [-0.25, -0.2) is 0 Å². The van der Waals surface area contributed by atoms with Gasteiger partial charge in [0, 0.05) is 11.6 Å². The van der Waals surface area contributed by atoms with Crippen LogP contribution in [0.2, 0.25) is 0 Å². The van der Waals surface area contributed by atoms with Gasteiger partial charge in [0.05, 0.1) is 18.7 Å². The van der Waals surface area contributed by atoms with Crippen LogP contribution >= 0.6 is 0 Å². The molecule has 0 spiro atoms. The summed E-state index contributed by atoms with van der Waals surface area (Å²) in [5.41, 5.74) is 2.06. The van der Waals surface area contributed by atoms with Gasteiger partial charge in [0.2, 0.25) is 0 Å². The van der Waals surface area contributed by atoms with Crippen molar-refractivity contribution in [3.63, 3.8) is 0 Å². The van der Waals surface area contributed by atoms with Crippen LogP contribution in [0.5, 0.6) is 11.5 Å². The van der Waals surface area contributed by atoms with Crippen molar-refractivity contribution < 1.29 is 14.9 Å². The van der Waals surface area contributed by atoms with Crippen LogP contribution in [0.3, 0.4) is 0 Å². The topological polar surface area (TPSA) is 61.7 Å². The number of ether oxygens (including phenoxy) is 1. The van der Waals surface area contributed by atoms with Crippen LogP contribution in [-0.2, 0) is 0 Å². The molecule has 0 bridgehead atoms. The third kappa shape index (κ3) is 2.48. The lowest BCUT2D eigenvalue weighted by Crippen LogP contribution is -2.29. The van der Waals surface area contributed by atoms with E-state index in [4.69, 9.17) is 4.74 Å². The van der Waals surface area contributed by atoms with Crippen LogP contribution in [-0.4, -0.2) is 23.4 Å². The van der Waals surface area contributed by atoms with Crippen molar-refractivity contribution in [3.05, 3.63) is 59.7 Å². The molecule has 4 heteroatoms. The van der Waals surface area contributed by atoms with E-state index in [9.17, 15) is 10.2 Å². The summed E-state index contributed by atoms with van der Waals surface area (Å²) in [5.74, 6) is 0.901. The van der Waals surface area contributed by atoms with Crippen LogP contribution in [0.15, 0.2) is 48.5 Å². The number of hydrogen-bond donors (Lipinski definition) is 3. The largest absolute Gasteiger partial charge is 0.508 e. The Kier molecular flexibility index (Phi) is 3.58. The van der Waals surface area contributed by atoms with Crippen molar-refractivity contribution in [2.45, 2.75) is 12.1 Å². The normalized spacial score (nSPS) is 18.4. The minimum Gasteiger partial charge on any atom is -0.508 e. The van der Waals surface area contributed by atoms with Gasteiger partial charge >= 0.3 is 0 Å². The molecule has 1 heterocycles. The van der Waals surface area contributed by atoms with Gasteiger partial charge in [0.1, 0.15) is 18.1 Å². The van der Waals surface area contributed by atoms with Gasteiger partial charge in [-0.1, -0.05) is 30.3 Å². The van der Waals surface area contributed by atoms with Gasteiger partial charge in [-0.15, -0.1) is 0 Å². The summed E-state index contributed by atoms with van der Waals surface area (Å²) in [6, 6.07) is 14.8. The van der Waals surface area contributed by atoms with Crippen LogP contribution in [0.4, 0.5) is 0 Å². The van der Waals surface area contributed by atoms with Crippen LogP contribution < -0.4 is 10.1 Å². The Bertz CT molecular complexity index is 586. The summed E-state index contributed by atoms with van der Waals surface area (Å²) in [4.78, 5) is 0. The molecular weight excluding hydrogens is 254 g/mol. The van der Waals surface area contributed by atoms with Crippen LogP contribution in [0.1, 0.15) is 23.2 Å². The van der Waals surface area contributed by atoms with Gasteiger partial charge in [0.25, 0.3) is 0 Å². The Balaban J connectivity index is 1.79. The molecule has 0 saturated heterocycles. The van der Waals surface area contributed by atoms with E-state index in [-0.39, 0.29) is 24.4 Å². The molecule has 104 valence electrons. The number of rotatable bonds is 4. The smallest absolute Gasteiger partial charge is 0.127 e. The maximum absolute atomic E-state index is 9.59. The van der Waals surface area contributed by atoms with Gasteiger partial charge in [-0.2, -0.15) is 0 Å². The molecule has 0 fully saturated rings. The van der Waals surface area contributed by atoms with Crippen LogP contribution in [0, 0.1) is 0 Å². The van der Waals surface area contributed by atoms with Crippen molar-refractivity contribution in [2.75, 3.05) is 13.2 Å². The van der Waals surface area contributed by atoms with Gasteiger partial charge in [-0.05, 0) is 17.7 Å². The molecule has 2 aromatic rings. The number of aliphatic hydroxyl groups excluding tert-OH is 1. The molecular formula is C16H17NO3. The molecule has 1 aliphatic rings. The lowest BCUT2D eigenvalue weighted by molar-refractivity contribution is 0.220. The molecule has 2 aromatic carbocycles. The number of fused-ring (bicyclic) bond motifs is 1. The lowest BCUT2D eigenvalue weighted by Gasteiger charge is -2.21. The Labute approximate surface area is 117 Å². The summed E-state index contributed by atoms with van der Waals surface area (Å²) in [5, 5.41) is 22.4. The van der Waals surface area contributed by atoms with E-state index in [1.807, 2.05) is 36.4 Å². The highest BCUT2D eigenvalue weighted by atomic mass is 16.5. The highest BCUT2D eigenvalue weighted by Gasteiger charge is 2.26. The number of phenolic OH excluding ortho intramolecular Hbond substituents is 1. The Hall–Kier alpha value is -2.04. The predicted molar refractivity (Wildman–Crippen MR) is 75.7 cm³/mol. The molecule has 4 nitrogen and oxygen atoms in total. The zero-order valence-corrected chi connectivity index (χ0v) is 11.0. The molecule has 0 amide bonds. The van der Waals surface area contributed by atoms with E-state index >= 15 is 0 Å². The van der Waals surface area contributed by atoms with Crippen molar-refractivity contribution >= 4 is 0 Å². The van der Waals surface area contributed by atoms with Crippen molar-refractivity contribution in [2.24, 2.45) is 0 Å². The second-order valence-corrected chi connectivity index (χ2v) is 4.90. The van der Waals surface area contributed by atoms with E-state index in [1.165, 1.54) is 0 Å². The number of benzene rings is 2. The fraction of sp³-hybridized carbons (Fsp3) is 0.250.